The average Bonchev–Trinajstić information content (AvgIpc) is 2.25. The highest BCUT2D eigenvalue weighted by molar-refractivity contribution is 7.53. The van der Waals surface area contributed by atoms with E-state index < -0.39 is 13.6 Å². The Morgan fingerprint density at radius 1 is 1.31 bits per heavy atom. The van der Waals surface area contributed by atoms with Gasteiger partial charge in [0.05, 0.1) is 26.0 Å². The van der Waals surface area contributed by atoms with Gasteiger partial charge in [0, 0.05) is 6.08 Å². The Labute approximate surface area is 96.3 Å². The van der Waals surface area contributed by atoms with E-state index in [4.69, 9.17) is 13.8 Å². The van der Waals surface area contributed by atoms with Crippen molar-refractivity contribution >= 4 is 13.6 Å². The van der Waals surface area contributed by atoms with Crippen LogP contribution < -0.4 is 0 Å². The van der Waals surface area contributed by atoms with Crippen molar-refractivity contribution in [2.24, 2.45) is 0 Å². The molecule has 0 saturated heterocycles. The van der Waals surface area contributed by atoms with Crippen molar-refractivity contribution in [2.45, 2.75) is 20.3 Å². The smallest absolute Gasteiger partial charge is 0.330 e. The molecular weight excluding hydrogens is 231 g/mol. The molecule has 0 amide bonds. The van der Waals surface area contributed by atoms with Gasteiger partial charge < -0.3 is 13.8 Å². The normalized spacial score (nSPS) is 11.1. The number of hydrogen-bond donors (Lipinski definition) is 0. The molecule has 6 heteroatoms. The highest BCUT2D eigenvalue weighted by atomic mass is 31.2. The number of hydrogen-bond acceptors (Lipinski definition) is 5. The van der Waals surface area contributed by atoms with Crippen LogP contribution >= 0.6 is 7.60 Å². The van der Waals surface area contributed by atoms with Crippen molar-refractivity contribution in [3.8, 4) is 0 Å². The summed E-state index contributed by atoms with van der Waals surface area (Å²) in [5, 5.41) is 0. The maximum Gasteiger partial charge on any atom is 0.330 e. The molecule has 0 radical (unpaired) electrons. The van der Waals surface area contributed by atoms with Crippen LogP contribution in [0, 0.1) is 0 Å². The minimum atomic E-state index is -3.00. The second kappa shape index (κ2) is 8.50. The number of rotatable bonds is 9. The van der Waals surface area contributed by atoms with Gasteiger partial charge in [0.1, 0.15) is 0 Å². The van der Waals surface area contributed by atoms with Crippen LogP contribution in [-0.4, -0.2) is 32.0 Å². The summed E-state index contributed by atoms with van der Waals surface area (Å²) in [4.78, 5) is 10.7. The molecular formula is C10H19O5P. The standard InChI is InChI=1S/C10H19O5P/c1-4-10(11)13-8-7-9-16(12,14-5-2)15-6-3/h4H,1,5-9H2,2-3H3. The lowest BCUT2D eigenvalue weighted by molar-refractivity contribution is -0.137. The minimum Gasteiger partial charge on any atom is -0.463 e. The fourth-order valence-electron chi connectivity index (χ4n) is 1.05. The molecule has 0 aliphatic carbocycles. The first kappa shape index (κ1) is 15.4. The van der Waals surface area contributed by atoms with Crippen LogP contribution in [-0.2, 0) is 23.1 Å². The van der Waals surface area contributed by atoms with E-state index in [2.05, 4.69) is 6.58 Å². The van der Waals surface area contributed by atoms with Crippen molar-refractivity contribution in [3.63, 3.8) is 0 Å². The Kier molecular flexibility index (Phi) is 8.16. The maximum atomic E-state index is 11.9. The predicted octanol–water partition coefficient (Wildman–Crippen LogP) is 2.37. The first-order valence-electron chi connectivity index (χ1n) is 5.25. The van der Waals surface area contributed by atoms with Crippen LogP contribution in [0.15, 0.2) is 12.7 Å². The molecule has 5 nitrogen and oxygen atoms in total. The van der Waals surface area contributed by atoms with Gasteiger partial charge in [0.15, 0.2) is 0 Å². The molecule has 0 aliphatic rings. The number of carbonyl (C=O) groups is 1. The van der Waals surface area contributed by atoms with E-state index in [0.717, 1.165) is 6.08 Å². The summed E-state index contributed by atoms with van der Waals surface area (Å²) in [6, 6.07) is 0. The molecule has 0 fully saturated rings. The van der Waals surface area contributed by atoms with Crippen LogP contribution in [0.1, 0.15) is 20.3 Å². The average molecular weight is 250 g/mol. The van der Waals surface area contributed by atoms with Crippen molar-refractivity contribution in [2.75, 3.05) is 26.0 Å². The third-order valence-corrected chi connectivity index (χ3v) is 3.81. The van der Waals surface area contributed by atoms with Crippen LogP contribution in [0.3, 0.4) is 0 Å². The lowest BCUT2D eigenvalue weighted by Crippen LogP contribution is -2.06. The van der Waals surface area contributed by atoms with Crippen LogP contribution in [0.4, 0.5) is 0 Å². The van der Waals surface area contributed by atoms with E-state index in [1.807, 2.05) is 0 Å². The highest BCUT2D eigenvalue weighted by Crippen LogP contribution is 2.48. The van der Waals surface area contributed by atoms with Gasteiger partial charge in [0.25, 0.3) is 0 Å². The van der Waals surface area contributed by atoms with Gasteiger partial charge in [-0.1, -0.05) is 6.58 Å². The van der Waals surface area contributed by atoms with Gasteiger partial charge in [-0.2, -0.15) is 0 Å². The first-order chi connectivity index (χ1) is 7.58. The third-order valence-electron chi connectivity index (χ3n) is 1.64. The Morgan fingerprint density at radius 2 is 1.88 bits per heavy atom. The first-order valence-corrected chi connectivity index (χ1v) is 6.98. The van der Waals surface area contributed by atoms with Crippen LogP contribution in [0.5, 0.6) is 0 Å². The minimum absolute atomic E-state index is 0.189. The van der Waals surface area contributed by atoms with Gasteiger partial charge in [-0.15, -0.1) is 0 Å². The number of esters is 1. The monoisotopic (exact) mass is 250 g/mol. The molecule has 0 atom stereocenters. The van der Waals surface area contributed by atoms with E-state index in [-0.39, 0.29) is 12.8 Å². The quantitative estimate of drug-likeness (QED) is 0.272. The SMILES string of the molecule is C=CC(=O)OCCCP(=O)(OCC)OCC. The Morgan fingerprint density at radius 3 is 2.31 bits per heavy atom. The van der Waals surface area contributed by atoms with E-state index in [0.29, 0.717) is 19.6 Å². The zero-order valence-electron chi connectivity index (χ0n) is 9.81. The van der Waals surface area contributed by atoms with E-state index in [1.54, 1.807) is 13.8 Å². The zero-order valence-corrected chi connectivity index (χ0v) is 10.7. The lowest BCUT2D eigenvalue weighted by atomic mass is 10.5. The lowest BCUT2D eigenvalue weighted by Gasteiger charge is -2.16. The molecule has 0 aromatic carbocycles. The van der Waals surface area contributed by atoms with Gasteiger partial charge in [-0.3, -0.25) is 4.57 Å². The van der Waals surface area contributed by atoms with Crippen molar-refractivity contribution in [1.82, 2.24) is 0 Å². The fourth-order valence-corrected chi connectivity index (χ4v) is 2.69. The molecule has 94 valence electrons. The van der Waals surface area contributed by atoms with Crippen molar-refractivity contribution < 1.29 is 23.1 Å². The molecule has 0 aromatic rings. The van der Waals surface area contributed by atoms with E-state index >= 15 is 0 Å². The topological polar surface area (TPSA) is 61.8 Å². The summed E-state index contributed by atoms with van der Waals surface area (Å²) in [5.74, 6) is -0.484. The Balaban J connectivity index is 3.89. The van der Waals surface area contributed by atoms with Crippen molar-refractivity contribution in [1.29, 1.82) is 0 Å². The largest absolute Gasteiger partial charge is 0.463 e. The van der Waals surface area contributed by atoms with Gasteiger partial charge in [0.2, 0.25) is 0 Å². The van der Waals surface area contributed by atoms with Gasteiger partial charge >= 0.3 is 13.6 Å². The zero-order chi connectivity index (χ0) is 12.4. The molecule has 0 unspecified atom stereocenters. The highest BCUT2D eigenvalue weighted by Gasteiger charge is 2.22. The van der Waals surface area contributed by atoms with Gasteiger partial charge in [-0.25, -0.2) is 4.79 Å². The molecule has 0 rings (SSSR count). The fraction of sp³-hybridized carbons (Fsp3) is 0.700. The summed E-state index contributed by atoms with van der Waals surface area (Å²) < 4.78 is 26.8. The van der Waals surface area contributed by atoms with Crippen LogP contribution in [0.25, 0.3) is 0 Å². The molecule has 0 aliphatic heterocycles. The maximum absolute atomic E-state index is 11.9. The molecule has 0 heterocycles. The molecule has 0 aromatic heterocycles. The molecule has 16 heavy (non-hydrogen) atoms. The second-order valence-corrected chi connectivity index (χ2v) is 5.08. The summed E-state index contributed by atoms with van der Waals surface area (Å²) in [6.07, 6.45) is 1.78. The Bertz CT molecular complexity index is 254. The number of ether oxygens (including phenoxy) is 1. The summed E-state index contributed by atoms with van der Waals surface area (Å²) in [6.45, 7) is 7.64. The summed E-state index contributed by atoms with van der Waals surface area (Å²) in [5.41, 5.74) is 0. The van der Waals surface area contributed by atoms with Crippen molar-refractivity contribution in [3.05, 3.63) is 12.7 Å². The summed E-state index contributed by atoms with van der Waals surface area (Å²) >= 11 is 0. The number of carbonyl (C=O) groups excluding carboxylic acids is 1. The molecule has 0 spiro atoms. The van der Waals surface area contributed by atoms with E-state index in [9.17, 15) is 9.36 Å². The molecule has 0 bridgehead atoms. The third kappa shape index (κ3) is 6.77. The second-order valence-electron chi connectivity index (χ2n) is 2.90. The molecule has 0 N–H and O–H groups in total. The summed E-state index contributed by atoms with van der Waals surface area (Å²) in [7, 11) is -3.00. The van der Waals surface area contributed by atoms with E-state index in [1.165, 1.54) is 0 Å². The Hall–Kier alpha value is -0.640. The van der Waals surface area contributed by atoms with Gasteiger partial charge in [-0.05, 0) is 20.3 Å². The van der Waals surface area contributed by atoms with Crippen LogP contribution in [0.2, 0.25) is 0 Å². The predicted molar refractivity (Wildman–Crippen MR) is 61.5 cm³/mol. The molecule has 0 saturated carbocycles.